The van der Waals surface area contributed by atoms with Crippen molar-refractivity contribution < 1.29 is 77.3 Å². The molecule has 23 heteroatoms. The molecule has 2 fully saturated rings. The van der Waals surface area contributed by atoms with Crippen LogP contribution in [-0.4, -0.2) is 115 Å². The molecule has 46 heavy (non-hydrogen) atoms. The minimum Gasteiger partial charge on any atom is -0.603 e. The highest BCUT2D eigenvalue weighted by molar-refractivity contribution is 7.66. The first-order valence-corrected chi connectivity index (χ1v) is 16.3. The lowest BCUT2D eigenvalue weighted by atomic mass is 10.1. The Morgan fingerprint density at radius 2 is 1.61 bits per heavy atom. The van der Waals surface area contributed by atoms with Crippen LogP contribution < -0.4 is 14.4 Å². The van der Waals surface area contributed by atoms with Gasteiger partial charge in [-0.2, -0.15) is 23.4 Å². The van der Waals surface area contributed by atoms with Gasteiger partial charge in [0.05, 0.1) is 6.33 Å². The summed E-state index contributed by atoms with van der Waals surface area (Å²) >= 11 is 0. The zero-order valence-corrected chi connectivity index (χ0v) is 24.9. The van der Waals surface area contributed by atoms with E-state index in [9.17, 15) is 49.9 Å². The van der Waals surface area contributed by atoms with Gasteiger partial charge in [0, 0.05) is 22.8 Å². The number of hydrogen-bond donors (Lipinski definition) is 7. The van der Waals surface area contributed by atoms with E-state index in [-0.39, 0.29) is 11.2 Å². The molecule has 248 valence electrons. The minimum atomic E-state index is -5.38. The van der Waals surface area contributed by atoms with Crippen LogP contribution >= 0.6 is 16.3 Å². The van der Waals surface area contributed by atoms with E-state index in [1.165, 1.54) is 41.7 Å². The second-order valence-corrected chi connectivity index (χ2v) is 13.3. The normalized spacial score (nSPS) is 31.0. The number of imidazole rings is 2. The van der Waals surface area contributed by atoms with Gasteiger partial charge in [0.25, 0.3) is 6.23 Å². The zero-order valence-electron chi connectivity index (χ0n) is 23.1. The SMILES string of the molecule is O=C(O)c1ccc[n+]([C@@H]2O[C@H](CO[P+]([O-])(O)O[P+]([O-])(O)OC[C@H]3O[C@@H](n4cnc5c4ncn4ccnc54)[C@H](O)[C@@H]3O)[C@@H](O)[C@H]2O)c1. The predicted molar refractivity (Wildman–Crippen MR) is 143 cm³/mol. The number of aromatic carboxylic acids is 1. The quantitative estimate of drug-likeness (QED) is 0.0585. The summed E-state index contributed by atoms with van der Waals surface area (Å²) in [5.74, 6) is -1.26. The largest absolute Gasteiger partial charge is 0.603 e. The van der Waals surface area contributed by atoms with Crippen molar-refractivity contribution in [2.24, 2.45) is 0 Å². The fourth-order valence-corrected chi connectivity index (χ4v) is 7.12. The van der Waals surface area contributed by atoms with E-state index in [2.05, 4.69) is 23.8 Å². The van der Waals surface area contributed by atoms with Crippen LogP contribution in [0.3, 0.4) is 0 Å². The Morgan fingerprint density at radius 3 is 2.30 bits per heavy atom. The number of aliphatic hydroxyl groups is 4. The number of phosphoric acid groups is 2. The Balaban J connectivity index is 1.04. The maximum atomic E-state index is 12.5. The zero-order chi connectivity index (χ0) is 33.0. The van der Waals surface area contributed by atoms with Gasteiger partial charge in [0.2, 0.25) is 0 Å². The first-order valence-electron chi connectivity index (χ1n) is 13.3. The van der Waals surface area contributed by atoms with Gasteiger partial charge in [-0.05, 0) is 6.07 Å². The number of carboxylic acids is 1. The van der Waals surface area contributed by atoms with Crippen LogP contribution in [0.25, 0.3) is 16.8 Å². The lowest BCUT2D eigenvalue weighted by Gasteiger charge is -2.25. The third kappa shape index (κ3) is 6.45. The molecule has 0 radical (unpaired) electrons. The molecule has 10 atom stereocenters. The molecule has 6 rings (SSSR count). The Morgan fingerprint density at radius 1 is 0.935 bits per heavy atom. The van der Waals surface area contributed by atoms with E-state index in [1.54, 1.807) is 10.6 Å². The lowest BCUT2D eigenvalue weighted by Crippen LogP contribution is -2.46. The monoisotopic (exact) mass is 689 g/mol. The number of aromatic nitrogens is 6. The van der Waals surface area contributed by atoms with Crippen LogP contribution in [0.2, 0.25) is 0 Å². The molecular formula is C23H27N6O15P2+. The average molecular weight is 689 g/mol. The molecule has 0 spiro atoms. The van der Waals surface area contributed by atoms with Crippen molar-refractivity contribution >= 4 is 39.1 Å². The van der Waals surface area contributed by atoms with Crippen LogP contribution in [0.5, 0.6) is 0 Å². The Hall–Kier alpha value is -2.95. The second kappa shape index (κ2) is 12.6. The van der Waals surface area contributed by atoms with Crippen LogP contribution in [0.1, 0.15) is 22.8 Å². The summed E-state index contributed by atoms with van der Waals surface area (Å²) in [5, 5.41) is 51.0. The summed E-state index contributed by atoms with van der Waals surface area (Å²) in [5.41, 5.74) is 0.952. The molecule has 0 aliphatic carbocycles. The number of fused-ring (bicyclic) bond motifs is 3. The standard InChI is InChI=1S/C23H26N6O15P2/c30-15-12(42-21(17(15)32)27-4-1-2-11(6-27)23(34)35)7-40-45(36,37)44-46(38,39)41-8-13-16(31)18(33)22(43-13)29-10-25-14-19-24-3-5-28(19)9-26-20(14)29/h1-6,9-10,12-13,15-18,21-22,30-33H,7-8H2,(H2-,34,35,36,37,38,39)/p+1/t12-,13-,15-,16-,17-,18-,21-,22-/m1/s1. The van der Waals surface area contributed by atoms with Crippen molar-refractivity contribution in [3.8, 4) is 0 Å². The predicted octanol–water partition coefficient (Wildman–Crippen LogP) is -3.89. The molecule has 2 aliphatic rings. The van der Waals surface area contributed by atoms with Gasteiger partial charge in [-0.1, -0.05) is 0 Å². The fraction of sp³-hybridized carbons (Fsp3) is 0.435. The summed E-state index contributed by atoms with van der Waals surface area (Å²) in [6.45, 7) is -1.81. The summed E-state index contributed by atoms with van der Waals surface area (Å²) in [6, 6.07) is 2.64. The first kappa shape index (κ1) is 33.0. The van der Waals surface area contributed by atoms with Crippen molar-refractivity contribution in [1.29, 1.82) is 0 Å². The lowest BCUT2D eigenvalue weighted by molar-refractivity contribution is -0.765. The first-order chi connectivity index (χ1) is 21.7. The number of carbonyl (C=O) groups is 1. The number of phosphoric ester groups is 2. The highest BCUT2D eigenvalue weighted by atomic mass is 31.3. The molecule has 4 aromatic rings. The molecule has 21 nitrogen and oxygen atoms in total. The van der Waals surface area contributed by atoms with Crippen LogP contribution in [0.4, 0.5) is 0 Å². The van der Waals surface area contributed by atoms with E-state index < -0.39 is 84.6 Å². The van der Waals surface area contributed by atoms with Gasteiger partial charge in [-0.15, -0.1) is 0 Å². The topological polar surface area (TPSA) is 303 Å². The highest BCUT2D eigenvalue weighted by Gasteiger charge is 2.53. The maximum Gasteiger partial charge on any atom is 0.434 e. The number of rotatable bonds is 11. The Labute approximate surface area is 258 Å². The summed E-state index contributed by atoms with van der Waals surface area (Å²) in [6.07, 6.45) is -3.54. The summed E-state index contributed by atoms with van der Waals surface area (Å²) < 4.78 is 28.9. The van der Waals surface area contributed by atoms with Gasteiger partial charge < -0.3 is 44.8 Å². The molecule has 2 unspecified atom stereocenters. The van der Waals surface area contributed by atoms with Crippen molar-refractivity contribution in [3.63, 3.8) is 0 Å². The second-order valence-electron chi connectivity index (χ2n) is 10.3. The number of ether oxygens (including phenoxy) is 2. The third-order valence-corrected chi connectivity index (χ3v) is 9.88. The molecule has 0 saturated carbocycles. The molecular weight excluding hydrogens is 662 g/mol. The Bertz CT molecular complexity index is 1720. The van der Waals surface area contributed by atoms with E-state index in [0.29, 0.717) is 11.2 Å². The van der Waals surface area contributed by atoms with E-state index in [1.807, 2.05) is 0 Å². The minimum absolute atomic E-state index is 0.150. The maximum absolute atomic E-state index is 12.5. The average Bonchev–Trinajstić information content (AvgIpc) is 3.77. The number of pyridine rings is 1. The van der Waals surface area contributed by atoms with E-state index in [0.717, 1.165) is 10.8 Å². The third-order valence-electron chi connectivity index (χ3n) is 7.27. The molecule has 4 aromatic heterocycles. The number of hydrogen-bond acceptors (Lipinski definition) is 17. The molecule has 2 aliphatic heterocycles. The summed E-state index contributed by atoms with van der Waals surface area (Å²) in [7, 11) is -10.8. The molecule has 2 saturated heterocycles. The van der Waals surface area contributed by atoms with Crippen molar-refractivity contribution in [3.05, 3.63) is 55.1 Å². The van der Waals surface area contributed by atoms with Crippen LogP contribution in [-0.2, 0) is 22.8 Å². The van der Waals surface area contributed by atoms with Crippen molar-refractivity contribution in [2.75, 3.05) is 13.2 Å². The molecule has 0 amide bonds. The Kier molecular flexibility index (Phi) is 9.02. The van der Waals surface area contributed by atoms with Crippen molar-refractivity contribution in [1.82, 2.24) is 23.9 Å². The van der Waals surface area contributed by atoms with Gasteiger partial charge >= 0.3 is 22.3 Å². The van der Waals surface area contributed by atoms with Crippen LogP contribution in [0, 0.1) is 0 Å². The van der Waals surface area contributed by atoms with Gasteiger partial charge in [0.1, 0.15) is 55.6 Å². The van der Waals surface area contributed by atoms with Gasteiger partial charge in [-0.3, -0.25) is 8.97 Å². The fourth-order valence-electron chi connectivity index (χ4n) is 5.03. The molecule has 0 aromatic carbocycles. The van der Waals surface area contributed by atoms with E-state index >= 15 is 0 Å². The van der Waals surface area contributed by atoms with E-state index in [4.69, 9.17) is 14.0 Å². The van der Waals surface area contributed by atoms with Crippen molar-refractivity contribution in [2.45, 2.75) is 49.1 Å². The molecule has 7 N–H and O–H groups in total. The van der Waals surface area contributed by atoms with Gasteiger partial charge in [0.15, 0.2) is 41.5 Å². The highest BCUT2D eigenvalue weighted by Crippen LogP contribution is 2.65. The summed E-state index contributed by atoms with van der Waals surface area (Å²) in [4.78, 5) is 69.0. The van der Waals surface area contributed by atoms with Crippen LogP contribution in [0.15, 0.2) is 49.6 Å². The number of carboxylic acid groups (broad SMARTS) is 1. The molecule has 6 heterocycles. The smallest absolute Gasteiger partial charge is 0.434 e. The number of aliphatic hydroxyl groups excluding tert-OH is 4. The number of nitrogens with zero attached hydrogens (tertiary/aromatic N) is 6. The molecule has 0 bridgehead atoms. The van der Waals surface area contributed by atoms with Gasteiger partial charge in [-0.25, -0.2) is 19.7 Å².